The molecule has 1 N–H and O–H groups in total. The molecule has 0 saturated carbocycles. The summed E-state index contributed by atoms with van der Waals surface area (Å²) >= 11 is 0. The van der Waals surface area contributed by atoms with Crippen LogP contribution in [-0.4, -0.2) is 34.2 Å². The van der Waals surface area contributed by atoms with Gasteiger partial charge in [0.15, 0.2) is 0 Å². The number of nitrogens with zero attached hydrogens (tertiary/aromatic N) is 2. The number of rotatable bonds is 6. The molecule has 1 aromatic carbocycles. The largest absolute Gasteiger partial charge is 0.393 e. The van der Waals surface area contributed by atoms with Crippen LogP contribution in [-0.2, 0) is 18.2 Å². The van der Waals surface area contributed by atoms with E-state index in [1.165, 1.54) is 0 Å². The van der Waals surface area contributed by atoms with Gasteiger partial charge in [0, 0.05) is 26.0 Å². The molecule has 0 aliphatic carbocycles. The minimum absolute atomic E-state index is 0.190. The fourth-order valence-electron chi connectivity index (χ4n) is 2.31. The lowest BCUT2D eigenvalue weighted by molar-refractivity contribution is 0.0849. The van der Waals surface area contributed by atoms with Crippen LogP contribution in [0.1, 0.15) is 25.5 Å². The molecule has 2 atom stereocenters. The quantitative estimate of drug-likeness (QED) is 0.869. The van der Waals surface area contributed by atoms with Crippen LogP contribution in [0.3, 0.4) is 0 Å². The van der Waals surface area contributed by atoms with Crippen molar-refractivity contribution >= 4 is 10.9 Å². The maximum absolute atomic E-state index is 10.1. The molecule has 4 heteroatoms. The van der Waals surface area contributed by atoms with Crippen molar-refractivity contribution in [2.75, 3.05) is 7.11 Å². The molecule has 104 valence electrons. The van der Waals surface area contributed by atoms with E-state index in [0.29, 0.717) is 6.42 Å². The molecule has 0 amide bonds. The van der Waals surface area contributed by atoms with E-state index < -0.39 is 0 Å². The van der Waals surface area contributed by atoms with Crippen LogP contribution in [0.15, 0.2) is 24.3 Å². The van der Waals surface area contributed by atoms with Gasteiger partial charge < -0.3 is 9.84 Å². The number of para-hydroxylation sites is 1. The van der Waals surface area contributed by atoms with Crippen LogP contribution < -0.4 is 0 Å². The van der Waals surface area contributed by atoms with Crippen molar-refractivity contribution in [3.63, 3.8) is 0 Å². The Morgan fingerprint density at radius 1 is 1.32 bits per heavy atom. The van der Waals surface area contributed by atoms with Crippen LogP contribution in [0.5, 0.6) is 0 Å². The van der Waals surface area contributed by atoms with Crippen molar-refractivity contribution in [3.05, 3.63) is 30.0 Å². The number of aliphatic hydroxyl groups excluding tert-OH is 1. The number of aromatic nitrogens is 2. The van der Waals surface area contributed by atoms with Crippen LogP contribution in [0.25, 0.3) is 10.9 Å². The van der Waals surface area contributed by atoms with Crippen molar-refractivity contribution in [2.24, 2.45) is 7.05 Å². The number of benzene rings is 1. The molecule has 19 heavy (non-hydrogen) atoms. The van der Waals surface area contributed by atoms with Crippen molar-refractivity contribution in [1.82, 2.24) is 9.78 Å². The van der Waals surface area contributed by atoms with Crippen LogP contribution in [0.4, 0.5) is 0 Å². The number of fused-ring (bicyclic) bond motifs is 1. The summed E-state index contributed by atoms with van der Waals surface area (Å²) in [6, 6.07) is 8.12. The smallest absolute Gasteiger partial charge is 0.0728 e. The normalized spacial score (nSPS) is 14.7. The molecule has 0 fully saturated rings. The number of methoxy groups -OCH3 is 1. The van der Waals surface area contributed by atoms with E-state index in [2.05, 4.69) is 11.2 Å². The highest BCUT2D eigenvalue weighted by molar-refractivity contribution is 5.81. The Hall–Kier alpha value is -1.39. The molecule has 1 heterocycles. The monoisotopic (exact) mass is 262 g/mol. The van der Waals surface area contributed by atoms with Gasteiger partial charge in [-0.3, -0.25) is 4.68 Å². The lowest BCUT2D eigenvalue weighted by Crippen LogP contribution is -2.15. The standard InChI is InChI=1S/C15H22N2O2/c1-11(19-3)8-9-12(18)10-14-13-6-4-5-7-15(13)17(2)16-14/h4-7,11-12,18H,8-10H2,1-3H3. The van der Waals surface area contributed by atoms with E-state index in [9.17, 15) is 5.11 Å². The Bertz CT molecular complexity index is 536. The predicted octanol–water partition coefficient (Wildman–Crippen LogP) is 2.29. The number of hydrogen-bond acceptors (Lipinski definition) is 3. The first-order chi connectivity index (χ1) is 9.11. The van der Waals surface area contributed by atoms with Gasteiger partial charge >= 0.3 is 0 Å². The van der Waals surface area contributed by atoms with Gasteiger partial charge in [-0.1, -0.05) is 18.2 Å². The minimum Gasteiger partial charge on any atom is -0.393 e. The molecule has 0 aliphatic heterocycles. The first-order valence-electron chi connectivity index (χ1n) is 6.73. The van der Waals surface area contributed by atoms with Gasteiger partial charge in [-0.25, -0.2) is 0 Å². The predicted molar refractivity (Wildman–Crippen MR) is 76.1 cm³/mol. The number of ether oxygens (including phenoxy) is 1. The summed E-state index contributed by atoms with van der Waals surface area (Å²) in [7, 11) is 3.63. The molecule has 0 bridgehead atoms. The molecule has 0 spiro atoms. The van der Waals surface area contributed by atoms with E-state index in [-0.39, 0.29) is 12.2 Å². The highest BCUT2D eigenvalue weighted by atomic mass is 16.5. The van der Waals surface area contributed by atoms with Crippen molar-refractivity contribution in [1.29, 1.82) is 0 Å². The third kappa shape index (κ3) is 3.33. The zero-order valence-electron chi connectivity index (χ0n) is 11.8. The molecule has 2 unspecified atom stereocenters. The molecule has 1 aromatic heterocycles. The maximum Gasteiger partial charge on any atom is 0.0728 e. The van der Waals surface area contributed by atoms with Gasteiger partial charge in [-0.2, -0.15) is 5.10 Å². The molecule has 4 nitrogen and oxygen atoms in total. The van der Waals surface area contributed by atoms with Crippen molar-refractivity contribution < 1.29 is 9.84 Å². The van der Waals surface area contributed by atoms with Crippen molar-refractivity contribution in [2.45, 2.75) is 38.4 Å². The molecular formula is C15H22N2O2. The molecule has 0 saturated heterocycles. The Morgan fingerprint density at radius 3 is 2.79 bits per heavy atom. The van der Waals surface area contributed by atoms with Gasteiger partial charge in [-0.15, -0.1) is 0 Å². The van der Waals surface area contributed by atoms with E-state index in [0.717, 1.165) is 29.4 Å². The Labute approximate surface area is 114 Å². The SMILES string of the molecule is COC(C)CCC(O)Cc1nn(C)c2ccccc12. The Balaban J connectivity index is 2.05. The highest BCUT2D eigenvalue weighted by Gasteiger charge is 2.13. The highest BCUT2D eigenvalue weighted by Crippen LogP contribution is 2.19. The third-order valence-electron chi connectivity index (χ3n) is 3.57. The molecular weight excluding hydrogens is 240 g/mol. The summed E-state index contributed by atoms with van der Waals surface area (Å²) in [5, 5.41) is 15.7. The van der Waals surface area contributed by atoms with Gasteiger partial charge in [-0.05, 0) is 25.8 Å². The Kier molecular flexibility index (Phi) is 4.56. The summed E-state index contributed by atoms with van der Waals surface area (Å²) in [6.07, 6.45) is 2.02. The lowest BCUT2D eigenvalue weighted by Gasteiger charge is -2.13. The molecule has 0 aliphatic rings. The summed E-state index contributed by atoms with van der Waals surface area (Å²) in [4.78, 5) is 0. The lowest BCUT2D eigenvalue weighted by atomic mass is 10.0. The zero-order chi connectivity index (χ0) is 13.8. The summed E-state index contributed by atoms with van der Waals surface area (Å²) in [5.74, 6) is 0. The van der Waals surface area contributed by atoms with Gasteiger partial charge in [0.2, 0.25) is 0 Å². The molecule has 2 rings (SSSR count). The van der Waals surface area contributed by atoms with E-state index in [1.807, 2.05) is 36.9 Å². The average Bonchev–Trinajstić information content (AvgIpc) is 2.73. The van der Waals surface area contributed by atoms with E-state index in [1.54, 1.807) is 7.11 Å². The number of aryl methyl sites for hydroxylation is 1. The first kappa shape index (κ1) is 14.0. The first-order valence-corrected chi connectivity index (χ1v) is 6.73. The minimum atomic E-state index is -0.365. The topological polar surface area (TPSA) is 47.3 Å². The summed E-state index contributed by atoms with van der Waals surface area (Å²) in [5.41, 5.74) is 2.07. The van der Waals surface area contributed by atoms with E-state index in [4.69, 9.17) is 4.74 Å². The van der Waals surface area contributed by atoms with E-state index >= 15 is 0 Å². The summed E-state index contributed by atoms with van der Waals surface area (Å²) in [6.45, 7) is 2.02. The zero-order valence-corrected chi connectivity index (χ0v) is 11.8. The van der Waals surface area contributed by atoms with Crippen LogP contribution in [0, 0.1) is 0 Å². The van der Waals surface area contributed by atoms with Crippen molar-refractivity contribution in [3.8, 4) is 0 Å². The van der Waals surface area contributed by atoms with Crippen LogP contribution in [0.2, 0.25) is 0 Å². The fourth-order valence-corrected chi connectivity index (χ4v) is 2.31. The molecule has 0 radical (unpaired) electrons. The third-order valence-corrected chi connectivity index (χ3v) is 3.57. The maximum atomic E-state index is 10.1. The fraction of sp³-hybridized carbons (Fsp3) is 0.533. The van der Waals surface area contributed by atoms with Gasteiger partial charge in [0.05, 0.1) is 23.4 Å². The second-order valence-electron chi connectivity index (χ2n) is 5.07. The average molecular weight is 262 g/mol. The van der Waals surface area contributed by atoms with Gasteiger partial charge in [0.1, 0.15) is 0 Å². The van der Waals surface area contributed by atoms with Crippen LogP contribution >= 0.6 is 0 Å². The number of aliphatic hydroxyl groups is 1. The Morgan fingerprint density at radius 2 is 2.05 bits per heavy atom. The summed E-state index contributed by atoms with van der Waals surface area (Å²) < 4.78 is 7.06. The van der Waals surface area contributed by atoms with Gasteiger partial charge in [0.25, 0.3) is 0 Å². The second-order valence-corrected chi connectivity index (χ2v) is 5.07. The number of hydrogen-bond donors (Lipinski definition) is 1. The molecule has 2 aromatic rings. The second kappa shape index (κ2) is 6.17.